The zero-order valence-electron chi connectivity index (χ0n) is 10.0. The summed E-state index contributed by atoms with van der Waals surface area (Å²) in [7, 11) is 0. The van der Waals surface area contributed by atoms with Crippen LogP contribution in [0.1, 0.15) is 6.92 Å². The molecule has 4 nitrogen and oxygen atoms in total. The van der Waals surface area contributed by atoms with Gasteiger partial charge in [0.25, 0.3) is 0 Å². The minimum atomic E-state index is -0.403. The number of rotatable bonds is 2. The highest BCUT2D eigenvalue weighted by Gasteiger charge is 2.08. The number of esters is 1. The van der Waals surface area contributed by atoms with Crippen LogP contribution in [0.3, 0.4) is 0 Å². The molecule has 0 amide bonds. The number of hydrogen-bond donors (Lipinski definition) is 2. The third-order valence-corrected chi connectivity index (χ3v) is 2.54. The molecule has 2 aromatic rings. The molecule has 0 saturated heterocycles. The molecule has 0 heterocycles. The van der Waals surface area contributed by atoms with Crippen LogP contribution in [0.5, 0.6) is 5.75 Å². The molecule has 0 unspecified atom stereocenters. The van der Waals surface area contributed by atoms with Crippen molar-refractivity contribution in [2.75, 3.05) is 11.5 Å². The van der Waals surface area contributed by atoms with E-state index in [9.17, 15) is 4.79 Å². The quantitative estimate of drug-likeness (QED) is 0.481. The molecule has 0 aliphatic rings. The molecule has 4 N–H and O–H groups in total. The molecule has 0 spiro atoms. The van der Waals surface area contributed by atoms with Gasteiger partial charge in [0.15, 0.2) is 5.75 Å². The molecule has 0 fully saturated rings. The van der Waals surface area contributed by atoms with Crippen molar-refractivity contribution in [3.8, 4) is 16.9 Å². The minimum Gasteiger partial charge on any atom is -0.424 e. The molecule has 0 bridgehead atoms. The lowest BCUT2D eigenvalue weighted by Crippen LogP contribution is -2.04. The standard InChI is InChI=1S/C14H14N2O2/c1-9(17)18-14-8-10(6-7-13(14)16)11-4-2-3-5-12(11)15/h2-8H,15-16H2,1H3. The van der Waals surface area contributed by atoms with Crippen LogP contribution in [0, 0.1) is 0 Å². The summed E-state index contributed by atoms with van der Waals surface area (Å²) in [5, 5.41) is 0. The number of benzene rings is 2. The summed E-state index contributed by atoms with van der Waals surface area (Å²) in [6.45, 7) is 1.34. The fourth-order valence-corrected chi connectivity index (χ4v) is 1.71. The van der Waals surface area contributed by atoms with Crippen molar-refractivity contribution >= 4 is 17.3 Å². The average Bonchev–Trinajstić information content (AvgIpc) is 2.32. The Bertz CT molecular complexity index is 594. The fourth-order valence-electron chi connectivity index (χ4n) is 1.71. The monoisotopic (exact) mass is 242 g/mol. The van der Waals surface area contributed by atoms with Crippen molar-refractivity contribution in [3.05, 3.63) is 42.5 Å². The Labute approximate surface area is 105 Å². The smallest absolute Gasteiger partial charge is 0.308 e. The first kappa shape index (κ1) is 12.0. The maximum absolute atomic E-state index is 11.0. The number of hydrogen-bond acceptors (Lipinski definition) is 4. The van der Waals surface area contributed by atoms with E-state index in [-0.39, 0.29) is 0 Å². The lowest BCUT2D eigenvalue weighted by molar-refractivity contribution is -0.131. The number of ether oxygens (including phenoxy) is 1. The van der Waals surface area contributed by atoms with Gasteiger partial charge in [-0.2, -0.15) is 0 Å². The molecule has 0 saturated carbocycles. The Morgan fingerprint density at radius 2 is 1.78 bits per heavy atom. The lowest BCUT2D eigenvalue weighted by atomic mass is 10.0. The maximum Gasteiger partial charge on any atom is 0.308 e. The highest BCUT2D eigenvalue weighted by atomic mass is 16.5. The van der Waals surface area contributed by atoms with Gasteiger partial charge in [0.2, 0.25) is 0 Å². The van der Waals surface area contributed by atoms with Crippen molar-refractivity contribution in [3.63, 3.8) is 0 Å². The number of carbonyl (C=O) groups is 1. The molecule has 2 aromatic carbocycles. The molecule has 92 valence electrons. The van der Waals surface area contributed by atoms with Crippen molar-refractivity contribution < 1.29 is 9.53 Å². The van der Waals surface area contributed by atoms with Crippen molar-refractivity contribution in [1.29, 1.82) is 0 Å². The van der Waals surface area contributed by atoms with Crippen LogP contribution in [0.4, 0.5) is 11.4 Å². The van der Waals surface area contributed by atoms with E-state index in [0.717, 1.165) is 11.1 Å². The lowest BCUT2D eigenvalue weighted by Gasteiger charge is -2.09. The van der Waals surface area contributed by atoms with Crippen molar-refractivity contribution in [2.45, 2.75) is 6.92 Å². The van der Waals surface area contributed by atoms with Crippen LogP contribution in [0.2, 0.25) is 0 Å². The summed E-state index contributed by atoms with van der Waals surface area (Å²) in [4.78, 5) is 11.0. The molecule has 18 heavy (non-hydrogen) atoms. The van der Waals surface area contributed by atoms with E-state index in [1.54, 1.807) is 12.1 Å². The molecule has 4 heteroatoms. The highest BCUT2D eigenvalue weighted by Crippen LogP contribution is 2.31. The first-order valence-electron chi connectivity index (χ1n) is 5.51. The van der Waals surface area contributed by atoms with E-state index in [1.807, 2.05) is 30.3 Å². The summed E-state index contributed by atoms with van der Waals surface area (Å²) < 4.78 is 5.04. The summed E-state index contributed by atoms with van der Waals surface area (Å²) >= 11 is 0. The first-order chi connectivity index (χ1) is 8.58. The van der Waals surface area contributed by atoms with Gasteiger partial charge in [-0.3, -0.25) is 4.79 Å². The molecule has 0 radical (unpaired) electrons. The van der Waals surface area contributed by atoms with Gasteiger partial charge >= 0.3 is 5.97 Å². The maximum atomic E-state index is 11.0. The Balaban J connectivity index is 2.47. The zero-order chi connectivity index (χ0) is 13.1. The first-order valence-corrected chi connectivity index (χ1v) is 5.51. The second-order valence-corrected chi connectivity index (χ2v) is 3.93. The van der Waals surface area contributed by atoms with Gasteiger partial charge < -0.3 is 16.2 Å². The number of nitrogen functional groups attached to an aromatic ring is 2. The number of nitrogens with two attached hydrogens (primary N) is 2. The molecule has 0 aliphatic carbocycles. The summed E-state index contributed by atoms with van der Waals surface area (Å²) in [6.07, 6.45) is 0. The second kappa shape index (κ2) is 4.79. The van der Waals surface area contributed by atoms with Crippen LogP contribution >= 0.6 is 0 Å². The predicted octanol–water partition coefficient (Wildman–Crippen LogP) is 2.44. The molecular formula is C14H14N2O2. The van der Waals surface area contributed by atoms with Gasteiger partial charge in [0, 0.05) is 18.2 Å². The Morgan fingerprint density at radius 3 is 2.44 bits per heavy atom. The van der Waals surface area contributed by atoms with E-state index >= 15 is 0 Å². The van der Waals surface area contributed by atoms with E-state index in [0.29, 0.717) is 17.1 Å². The van der Waals surface area contributed by atoms with Gasteiger partial charge in [-0.15, -0.1) is 0 Å². The fraction of sp³-hybridized carbons (Fsp3) is 0.0714. The number of para-hydroxylation sites is 1. The molecule has 0 aliphatic heterocycles. The SMILES string of the molecule is CC(=O)Oc1cc(-c2ccccc2N)ccc1N. The van der Waals surface area contributed by atoms with Gasteiger partial charge in [-0.05, 0) is 23.8 Å². The normalized spacial score (nSPS) is 10.1. The largest absolute Gasteiger partial charge is 0.424 e. The van der Waals surface area contributed by atoms with Gasteiger partial charge in [-0.1, -0.05) is 24.3 Å². The van der Waals surface area contributed by atoms with E-state index in [4.69, 9.17) is 16.2 Å². The number of anilines is 2. The molecule has 0 aromatic heterocycles. The van der Waals surface area contributed by atoms with Crippen molar-refractivity contribution in [1.82, 2.24) is 0 Å². The molecule has 0 atom stereocenters. The van der Waals surface area contributed by atoms with Crippen LogP contribution < -0.4 is 16.2 Å². The highest BCUT2D eigenvalue weighted by molar-refractivity contribution is 5.80. The van der Waals surface area contributed by atoms with Gasteiger partial charge in [0.1, 0.15) is 0 Å². The Kier molecular flexibility index (Phi) is 3.19. The van der Waals surface area contributed by atoms with Crippen LogP contribution in [-0.2, 0) is 4.79 Å². The van der Waals surface area contributed by atoms with Crippen molar-refractivity contribution in [2.24, 2.45) is 0 Å². The van der Waals surface area contributed by atoms with Crippen LogP contribution in [0.15, 0.2) is 42.5 Å². The Hall–Kier alpha value is -2.49. The molecular weight excluding hydrogens is 228 g/mol. The van der Waals surface area contributed by atoms with Crippen LogP contribution in [0.25, 0.3) is 11.1 Å². The summed E-state index contributed by atoms with van der Waals surface area (Å²) in [6, 6.07) is 12.7. The van der Waals surface area contributed by atoms with Gasteiger partial charge in [0.05, 0.1) is 5.69 Å². The predicted molar refractivity (Wildman–Crippen MR) is 72.0 cm³/mol. The summed E-state index contributed by atoms with van der Waals surface area (Å²) in [5.41, 5.74) is 14.5. The van der Waals surface area contributed by atoms with Gasteiger partial charge in [-0.25, -0.2) is 0 Å². The average molecular weight is 242 g/mol. The van der Waals surface area contributed by atoms with Crippen LogP contribution in [-0.4, -0.2) is 5.97 Å². The van der Waals surface area contributed by atoms with E-state index in [2.05, 4.69) is 0 Å². The zero-order valence-corrected chi connectivity index (χ0v) is 10.0. The van der Waals surface area contributed by atoms with E-state index in [1.165, 1.54) is 6.92 Å². The minimum absolute atomic E-state index is 0.350. The summed E-state index contributed by atoms with van der Waals surface area (Å²) in [5.74, 6) is -0.0527. The topological polar surface area (TPSA) is 78.3 Å². The number of carbonyl (C=O) groups excluding carboxylic acids is 1. The second-order valence-electron chi connectivity index (χ2n) is 3.93. The Morgan fingerprint density at radius 1 is 1.06 bits per heavy atom. The van der Waals surface area contributed by atoms with E-state index < -0.39 is 5.97 Å². The third kappa shape index (κ3) is 2.43. The molecule has 2 rings (SSSR count). The third-order valence-electron chi connectivity index (χ3n) is 2.54.